The fourth-order valence-corrected chi connectivity index (χ4v) is 4.47. The molecule has 4 rings (SSSR count). The molecule has 2 aromatic heterocycles. The van der Waals surface area contributed by atoms with Crippen molar-refractivity contribution >= 4 is 28.3 Å². The first-order valence-electron chi connectivity index (χ1n) is 9.94. The van der Waals surface area contributed by atoms with Gasteiger partial charge in [0.25, 0.3) is 5.56 Å². The van der Waals surface area contributed by atoms with Crippen molar-refractivity contribution in [1.82, 2.24) is 25.1 Å². The molecule has 1 aromatic carbocycles. The zero-order valence-electron chi connectivity index (χ0n) is 16.8. The Kier molecular flexibility index (Phi) is 6.41. The van der Waals surface area contributed by atoms with Crippen LogP contribution in [0.5, 0.6) is 0 Å². The molecule has 0 radical (unpaired) electrons. The molecule has 1 saturated heterocycles. The number of carbonyl (C=O) groups excluding carboxylic acids is 1. The Bertz CT molecular complexity index is 1050. The van der Waals surface area contributed by atoms with Crippen LogP contribution < -0.4 is 10.9 Å². The van der Waals surface area contributed by atoms with Crippen molar-refractivity contribution in [1.29, 1.82) is 0 Å². The Morgan fingerprint density at radius 3 is 2.87 bits per heavy atom. The standard InChI is InChI=1S/C21H25N5O3S/c1-25(14-19-23-16-6-3-2-5-15(16)20(27)24-19)21(28)22-13-17(18-7-4-12-30-18)26-8-10-29-11-9-26/h2-7,12,17H,8-11,13-14H2,1H3,(H,22,28)(H,23,24,27)/t17-/m0/s1. The van der Waals surface area contributed by atoms with Gasteiger partial charge in [0.05, 0.1) is 36.7 Å². The van der Waals surface area contributed by atoms with Gasteiger partial charge in [0.15, 0.2) is 0 Å². The van der Waals surface area contributed by atoms with Gasteiger partial charge in [-0.1, -0.05) is 18.2 Å². The van der Waals surface area contributed by atoms with Crippen LogP contribution in [0, 0.1) is 0 Å². The highest BCUT2D eigenvalue weighted by Gasteiger charge is 2.24. The number of H-pyrrole nitrogens is 1. The van der Waals surface area contributed by atoms with Gasteiger partial charge in [-0.3, -0.25) is 9.69 Å². The largest absolute Gasteiger partial charge is 0.379 e. The number of hydrogen-bond acceptors (Lipinski definition) is 6. The maximum atomic E-state index is 12.7. The summed E-state index contributed by atoms with van der Waals surface area (Å²) in [5.74, 6) is 0.458. The summed E-state index contributed by atoms with van der Waals surface area (Å²) in [5.41, 5.74) is 0.421. The van der Waals surface area contributed by atoms with Gasteiger partial charge in [-0.25, -0.2) is 9.78 Å². The fraction of sp³-hybridized carbons (Fsp3) is 0.381. The van der Waals surface area contributed by atoms with E-state index in [1.807, 2.05) is 12.1 Å². The van der Waals surface area contributed by atoms with Crippen molar-refractivity contribution in [3.8, 4) is 0 Å². The van der Waals surface area contributed by atoms with Crippen molar-refractivity contribution < 1.29 is 9.53 Å². The molecule has 30 heavy (non-hydrogen) atoms. The number of nitrogens with zero attached hydrogens (tertiary/aromatic N) is 3. The van der Waals surface area contributed by atoms with Crippen LogP contribution in [-0.2, 0) is 11.3 Å². The quantitative estimate of drug-likeness (QED) is 0.629. The molecular weight excluding hydrogens is 402 g/mol. The van der Waals surface area contributed by atoms with E-state index in [4.69, 9.17) is 4.74 Å². The summed E-state index contributed by atoms with van der Waals surface area (Å²) in [5, 5.41) is 5.63. The maximum Gasteiger partial charge on any atom is 0.317 e. The topological polar surface area (TPSA) is 90.6 Å². The lowest BCUT2D eigenvalue weighted by Crippen LogP contribution is -2.45. The van der Waals surface area contributed by atoms with Gasteiger partial charge >= 0.3 is 6.03 Å². The first-order valence-corrected chi connectivity index (χ1v) is 10.8. The van der Waals surface area contributed by atoms with E-state index in [1.165, 1.54) is 9.78 Å². The lowest BCUT2D eigenvalue weighted by atomic mass is 10.2. The Morgan fingerprint density at radius 2 is 2.10 bits per heavy atom. The third-order valence-electron chi connectivity index (χ3n) is 5.20. The molecule has 2 amide bonds. The van der Waals surface area contributed by atoms with Gasteiger partial charge < -0.3 is 19.9 Å². The van der Waals surface area contributed by atoms with E-state index in [2.05, 4.69) is 31.6 Å². The highest BCUT2D eigenvalue weighted by molar-refractivity contribution is 7.10. The number of morpholine rings is 1. The number of urea groups is 1. The fourth-order valence-electron chi connectivity index (χ4n) is 3.60. The van der Waals surface area contributed by atoms with Gasteiger partial charge in [0.1, 0.15) is 5.82 Å². The number of carbonyl (C=O) groups is 1. The lowest BCUT2D eigenvalue weighted by Gasteiger charge is -2.34. The van der Waals surface area contributed by atoms with Crippen molar-refractivity contribution in [2.24, 2.45) is 0 Å². The zero-order valence-corrected chi connectivity index (χ0v) is 17.7. The summed E-state index contributed by atoms with van der Waals surface area (Å²) >= 11 is 1.69. The number of hydrogen-bond donors (Lipinski definition) is 2. The first-order chi connectivity index (χ1) is 14.6. The van der Waals surface area contributed by atoms with Crippen LogP contribution >= 0.6 is 11.3 Å². The Balaban J connectivity index is 1.40. The normalized spacial score (nSPS) is 15.8. The molecule has 3 aromatic rings. The second-order valence-electron chi connectivity index (χ2n) is 7.25. The number of amides is 2. The van der Waals surface area contributed by atoms with E-state index in [0.717, 1.165) is 13.1 Å². The minimum Gasteiger partial charge on any atom is -0.379 e. The van der Waals surface area contributed by atoms with Crippen LogP contribution in [0.15, 0.2) is 46.6 Å². The highest BCUT2D eigenvalue weighted by atomic mass is 32.1. The van der Waals surface area contributed by atoms with Crippen LogP contribution in [0.3, 0.4) is 0 Å². The summed E-state index contributed by atoms with van der Waals surface area (Å²) in [4.78, 5) is 37.3. The number of benzene rings is 1. The number of para-hydroxylation sites is 1. The minimum atomic E-state index is -0.208. The second kappa shape index (κ2) is 9.38. The van der Waals surface area contributed by atoms with E-state index in [-0.39, 0.29) is 24.2 Å². The average Bonchev–Trinajstić information content (AvgIpc) is 3.29. The SMILES string of the molecule is CN(Cc1nc2ccccc2c(=O)[nH]1)C(=O)NC[C@@H](c1cccs1)N1CCOCC1. The van der Waals surface area contributed by atoms with E-state index < -0.39 is 0 Å². The van der Waals surface area contributed by atoms with Crippen LogP contribution in [0.1, 0.15) is 16.7 Å². The number of thiophene rings is 1. The molecule has 0 unspecified atom stereocenters. The molecule has 0 aliphatic carbocycles. The van der Waals surface area contributed by atoms with Crippen molar-refractivity contribution in [3.05, 3.63) is 62.8 Å². The molecule has 158 valence electrons. The summed E-state index contributed by atoms with van der Waals surface area (Å²) in [7, 11) is 1.69. The van der Waals surface area contributed by atoms with Gasteiger partial charge in [-0.2, -0.15) is 0 Å². The summed E-state index contributed by atoms with van der Waals surface area (Å²) < 4.78 is 5.47. The molecule has 0 bridgehead atoms. The van der Waals surface area contributed by atoms with Crippen molar-refractivity contribution in [3.63, 3.8) is 0 Å². The van der Waals surface area contributed by atoms with Gasteiger partial charge in [0, 0.05) is 31.6 Å². The van der Waals surface area contributed by atoms with Crippen LogP contribution in [-0.4, -0.2) is 65.7 Å². The highest BCUT2D eigenvalue weighted by Crippen LogP contribution is 2.25. The minimum absolute atomic E-state index is 0.116. The van der Waals surface area contributed by atoms with Crippen LogP contribution in [0.2, 0.25) is 0 Å². The number of fused-ring (bicyclic) bond motifs is 1. The number of ether oxygens (including phenoxy) is 1. The summed E-state index contributed by atoms with van der Waals surface area (Å²) in [6.07, 6.45) is 0. The molecule has 3 heterocycles. The molecular formula is C21H25N5O3S. The molecule has 1 atom stereocenters. The first kappa shape index (κ1) is 20.5. The van der Waals surface area contributed by atoms with E-state index in [1.54, 1.807) is 36.6 Å². The molecule has 1 aliphatic rings. The molecule has 1 aliphatic heterocycles. The number of aromatic nitrogens is 2. The number of nitrogens with one attached hydrogen (secondary N) is 2. The Hall–Kier alpha value is -2.75. The third-order valence-corrected chi connectivity index (χ3v) is 6.17. The predicted molar refractivity (Wildman–Crippen MR) is 117 cm³/mol. The maximum absolute atomic E-state index is 12.7. The Labute approximate surface area is 178 Å². The van der Waals surface area contributed by atoms with Crippen molar-refractivity contribution in [2.75, 3.05) is 39.9 Å². The van der Waals surface area contributed by atoms with Crippen LogP contribution in [0.4, 0.5) is 4.79 Å². The molecule has 1 fully saturated rings. The third kappa shape index (κ3) is 4.69. The zero-order chi connectivity index (χ0) is 20.9. The van der Waals surface area contributed by atoms with Gasteiger partial charge in [-0.05, 0) is 23.6 Å². The molecule has 0 saturated carbocycles. The number of rotatable bonds is 6. The second-order valence-corrected chi connectivity index (χ2v) is 8.23. The van der Waals surface area contributed by atoms with E-state index in [0.29, 0.717) is 36.5 Å². The monoisotopic (exact) mass is 427 g/mol. The van der Waals surface area contributed by atoms with E-state index in [9.17, 15) is 9.59 Å². The lowest BCUT2D eigenvalue weighted by molar-refractivity contribution is 0.0172. The molecule has 0 spiro atoms. The molecule has 2 N–H and O–H groups in total. The molecule has 9 heteroatoms. The predicted octanol–water partition coefficient (Wildman–Crippen LogP) is 2.20. The van der Waals surface area contributed by atoms with Crippen molar-refractivity contribution in [2.45, 2.75) is 12.6 Å². The Morgan fingerprint density at radius 1 is 1.30 bits per heavy atom. The summed E-state index contributed by atoms with van der Waals surface area (Å²) in [6, 6.07) is 11.2. The molecule has 8 nitrogen and oxygen atoms in total. The van der Waals surface area contributed by atoms with Gasteiger partial charge in [0.2, 0.25) is 0 Å². The van der Waals surface area contributed by atoms with Crippen LogP contribution in [0.25, 0.3) is 10.9 Å². The summed E-state index contributed by atoms with van der Waals surface area (Å²) in [6.45, 7) is 3.82. The smallest absolute Gasteiger partial charge is 0.317 e. The van der Waals surface area contributed by atoms with E-state index >= 15 is 0 Å². The van der Waals surface area contributed by atoms with Gasteiger partial charge in [-0.15, -0.1) is 11.3 Å². The average molecular weight is 428 g/mol. The number of aromatic amines is 1.